The molecule has 2 aromatic rings. The van der Waals surface area contributed by atoms with E-state index in [1.54, 1.807) is 31.5 Å². The van der Waals surface area contributed by atoms with Gasteiger partial charge in [-0.2, -0.15) is 0 Å². The molecule has 8 nitrogen and oxygen atoms in total. The minimum absolute atomic E-state index is 0.139. The number of ether oxygens (including phenoxy) is 1. The van der Waals surface area contributed by atoms with Crippen molar-refractivity contribution in [2.24, 2.45) is 0 Å². The average Bonchev–Trinajstić information content (AvgIpc) is 3.55. The lowest BCUT2D eigenvalue weighted by Gasteiger charge is -2.27. The Morgan fingerprint density at radius 3 is 2.34 bits per heavy atom. The number of rotatable bonds is 8. The number of hydrogen-bond donors (Lipinski definition) is 2. The van der Waals surface area contributed by atoms with E-state index < -0.39 is 17.4 Å². The van der Waals surface area contributed by atoms with Crippen LogP contribution < -0.4 is 15.4 Å². The van der Waals surface area contributed by atoms with Crippen LogP contribution in [0.25, 0.3) is 5.70 Å². The summed E-state index contributed by atoms with van der Waals surface area (Å²) in [5, 5.41) is 6.09. The maximum Gasteiger partial charge on any atom is 0.316 e. The summed E-state index contributed by atoms with van der Waals surface area (Å²) < 4.78 is 20.0. The number of carbonyl (C=O) groups excluding carboxylic acids is 2. The van der Waals surface area contributed by atoms with Crippen LogP contribution in [0.1, 0.15) is 74.0 Å². The molecule has 1 saturated heterocycles. The number of carbonyl (C=O) groups is 2. The van der Waals surface area contributed by atoms with Gasteiger partial charge in [0.25, 0.3) is 5.91 Å². The van der Waals surface area contributed by atoms with Gasteiger partial charge in [-0.3, -0.25) is 9.59 Å². The van der Waals surface area contributed by atoms with Gasteiger partial charge in [-0.05, 0) is 58.6 Å². The average molecular weight is 482 g/mol. The first-order chi connectivity index (χ1) is 16.6. The van der Waals surface area contributed by atoms with Crippen LogP contribution in [0.4, 0.5) is 4.39 Å². The van der Waals surface area contributed by atoms with Crippen molar-refractivity contribution in [3.8, 4) is 6.01 Å². The van der Waals surface area contributed by atoms with Crippen molar-refractivity contribution in [1.82, 2.24) is 25.5 Å². The molecule has 0 bridgehead atoms. The van der Waals surface area contributed by atoms with Crippen LogP contribution in [0.15, 0.2) is 37.2 Å². The number of likely N-dealkylation sites (tertiary alicyclic amines) is 1. The smallest absolute Gasteiger partial charge is 0.316 e. The molecule has 1 aliphatic carbocycles. The molecule has 186 valence electrons. The van der Waals surface area contributed by atoms with E-state index in [1.165, 1.54) is 13.2 Å². The van der Waals surface area contributed by atoms with Crippen molar-refractivity contribution in [3.05, 3.63) is 59.7 Å². The summed E-state index contributed by atoms with van der Waals surface area (Å²) in [6.45, 7) is 9.76. The topological polar surface area (TPSA) is 96.5 Å². The molecule has 4 rings (SSSR count). The minimum atomic E-state index is -0.806. The third-order valence-corrected chi connectivity index (χ3v) is 6.98. The zero-order valence-electron chi connectivity index (χ0n) is 20.6. The summed E-state index contributed by atoms with van der Waals surface area (Å²) in [5.74, 6) is -0.910. The number of hydrogen-bond acceptors (Lipinski definition) is 6. The van der Waals surface area contributed by atoms with Gasteiger partial charge in [0.15, 0.2) is 0 Å². The number of methoxy groups -OCH3 is 1. The van der Waals surface area contributed by atoms with Gasteiger partial charge in [-0.1, -0.05) is 12.6 Å². The summed E-state index contributed by atoms with van der Waals surface area (Å²) >= 11 is 0. The van der Waals surface area contributed by atoms with Crippen molar-refractivity contribution >= 4 is 17.5 Å². The first-order valence-corrected chi connectivity index (χ1v) is 11.9. The van der Waals surface area contributed by atoms with Crippen LogP contribution in [-0.4, -0.2) is 51.4 Å². The Morgan fingerprint density at radius 1 is 1.17 bits per heavy atom. The number of halogens is 1. The maximum atomic E-state index is 15.0. The van der Waals surface area contributed by atoms with Crippen LogP contribution in [0, 0.1) is 5.82 Å². The summed E-state index contributed by atoms with van der Waals surface area (Å²) in [6.07, 6.45) is 6.29. The van der Waals surface area contributed by atoms with Gasteiger partial charge in [0.1, 0.15) is 11.4 Å². The highest BCUT2D eigenvalue weighted by Gasteiger charge is 2.50. The molecule has 2 heterocycles. The second-order valence-corrected chi connectivity index (χ2v) is 9.56. The van der Waals surface area contributed by atoms with Gasteiger partial charge in [0.2, 0.25) is 5.91 Å². The van der Waals surface area contributed by atoms with Crippen molar-refractivity contribution in [1.29, 1.82) is 0 Å². The molecule has 3 atom stereocenters. The Labute approximate surface area is 205 Å². The molecule has 0 unspecified atom stereocenters. The zero-order valence-corrected chi connectivity index (χ0v) is 20.6. The predicted molar refractivity (Wildman–Crippen MR) is 130 cm³/mol. The van der Waals surface area contributed by atoms with Crippen LogP contribution >= 0.6 is 0 Å². The Balaban J connectivity index is 1.40. The second kappa shape index (κ2) is 9.64. The molecule has 1 aromatic heterocycles. The lowest BCUT2D eigenvalue weighted by Crippen LogP contribution is -2.46. The number of nitrogens with one attached hydrogen (secondary N) is 2. The predicted octanol–water partition coefficient (Wildman–Crippen LogP) is 3.61. The monoisotopic (exact) mass is 481 g/mol. The highest BCUT2D eigenvalue weighted by molar-refractivity contribution is 5.95. The highest BCUT2D eigenvalue weighted by Crippen LogP contribution is 2.38. The van der Waals surface area contributed by atoms with Gasteiger partial charge in [0.05, 0.1) is 13.2 Å². The SMILES string of the molecule is C=C(NC1(C(=O)N[C@H](C)c2ccc(C(=O)N3[C@H](C)CC[C@@H]3C)cc2F)CC1)c1cnc(OC)nc1. The number of nitrogens with zero attached hydrogens (tertiary/aromatic N) is 3. The van der Waals surface area contributed by atoms with E-state index in [-0.39, 0.29) is 29.9 Å². The largest absolute Gasteiger partial charge is 0.467 e. The molecule has 1 saturated carbocycles. The van der Waals surface area contributed by atoms with Gasteiger partial charge < -0.3 is 20.3 Å². The number of benzene rings is 1. The molecule has 35 heavy (non-hydrogen) atoms. The maximum absolute atomic E-state index is 15.0. The fraction of sp³-hybridized carbons (Fsp3) is 0.462. The first kappa shape index (κ1) is 24.6. The van der Waals surface area contributed by atoms with Gasteiger partial charge in [-0.25, -0.2) is 14.4 Å². The third kappa shape index (κ3) is 4.99. The lowest BCUT2D eigenvalue weighted by molar-refractivity contribution is -0.124. The summed E-state index contributed by atoms with van der Waals surface area (Å²) in [7, 11) is 1.48. The minimum Gasteiger partial charge on any atom is -0.467 e. The van der Waals surface area contributed by atoms with Crippen molar-refractivity contribution in [2.75, 3.05) is 7.11 Å². The molecule has 2 fully saturated rings. The number of amides is 2. The summed E-state index contributed by atoms with van der Waals surface area (Å²) in [4.78, 5) is 35.9. The van der Waals surface area contributed by atoms with E-state index >= 15 is 4.39 Å². The van der Waals surface area contributed by atoms with E-state index in [0.29, 0.717) is 35.2 Å². The molecule has 9 heteroatoms. The van der Waals surface area contributed by atoms with E-state index in [2.05, 4.69) is 27.2 Å². The van der Waals surface area contributed by atoms with Gasteiger partial charge in [-0.15, -0.1) is 0 Å². The third-order valence-electron chi connectivity index (χ3n) is 6.98. The van der Waals surface area contributed by atoms with Crippen molar-refractivity contribution in [3.63, 3.8) is 0 Å². The van der Waals surface area contributed by atoms with Crippen LogP contribution in [0.2, 0.25) is 0 Å². The molecule has 2 aliphatic rings. The fourth-order valence-electron chi connectivity index (χ4n) is 4.64. The van der Waals surface area contributed by atoms with E-state index in [1.807, 2.05) is 18.7 Å². The second-order valence-electron chi connectivity index (χ2n) is 9.56. The lowest BCUT2D eigenvalue weighted by atomic mass is 10.0. The fourth-order valence-corrected chi connectivity index (χ4v) is 4.64. The molecule has 1 aromatic carbocycles. The first-order valence-electron chi connectivity index (χ1n) is 11.9. The van der Waals surface area contributed by atoms with Gasteiger partial charge in [0, 0.05) is 46.9 Å². The van der Waals surface area contributed by atoms with Crippen molar-refractivity contribution < 1.29 is 18.7 Å². The zero-order chi connectivity index (χ0) is 25.3. The van der Waals surface area contributed by atoms with Crippen LogP contribution in [0.3, 0.4) is 0 Å². The van der Waals surface area contributed by atoms with E-state index in [0.717, 1.165) is 12.8 Å². The summed E-state index contributed by atoms with van der Waals surface area (Å²) in [6, 6.07) is 4.44. The van der Waals surface area contributed by atoms with E-state index in [9.17, 15) is 9.59 Å². The Hall–Kier alpha value is -3.49. The summed E-state index contributed by atoms with van der Waals surface area (Å²) in [5.41, 5.74) is 1.01. The van der Waals surface area contributed by atoms with Crippen LogP contribution in [-0.2, 0) is 4.79 Å². The molecule has 2 amide bonds. The number of aromatic nitrogens is 2. The molecule has 0 radical (unpaired) electrons. The molecular weight excluding hydrogens is 449 g/mol. The molecule has 2 N–H and O–H groups in total. The normalized spacial score (nSPS) is 21.2. The Kier molecular flexibility index (Phi) is 6.78. The quantitative estimate of drug-likeness (QED) is 0.598. The van der Waals surface area contributed by atoms with Crippen LogP contribution in [0.5, 0.6) is 6.01 Å². The Morgan fingerprint density at radius 2 is 1.80 bits per heavy atom. The van der Waals surface area contributed by atoms with Gasteiger partial charge >= 0.3 is 6.01 Å². The Bertz CT molecular complexity index is 1120. The molecule has 0 spiro atoms. The highest BCUT2D eigenvalue weighted by atomic mass is 19.1. The standard InChI is InChI=1S/C26H32FN5O3/c1-15-6-7-16(2)32(15)23(33)19-8-9-21(22(27)12-19)18(4)30-24(34)26(10-11-26)31-17(3)20-13-28-25(35-5)29-14-20/h8-9,12-16,18,31H,3,6-7,10-11H2,1-2,4-5H3,(H,30,34)/t15-,16+,18-/m1/s1. The van der Waals surface area contributed by atoms with Crippen molar-refractivity contribution in [2.45, 2.75) is 70.1 Å². The molecule has 1 aliphatic heterocycles. The molecular formula is C26H32FN5O3. The van der Waals surface area contributed by atoms with E-state index in [4.69, 9.17) is 4.74 Å².